The van der Waals surface area contributed by atoms with Crippen LogP contribution < -0.4 is 16.0 Å². The van der Waals surface area contributed by atoms with Gasteiger partial charge in [0, 0.05) is 27.2 Å². The van der Waals surface area contributed by atoms with E-state index in [1.807, 2.05) is 19.0 Å². The molecule has 0 aromatic carbocycles. The molecule has 0 amide bonds. The Morgan fingerprint density at radius 3 is 2.68 bits per heavy atom. The van der Waals surface area contributed by atoms with Crippen molar-refractivity contribution < 1.29 is 0 Å². The van der Waals surface area contributed by atoms with Gasteiger partial charge in [-0.05, 0) is 25.9 Å². The molecule has 0 bridgehead atoms. The number of nitrogens with two attached hydrogens (primary N) is 1. The maximum absolute atomic E-state index is 6.06. The SMILES string of the molecule is CN(C)c1ncnc(NCCN2CCCCC2)c1N. The molecule has 0 atom stereocenters. The summed E-state index contributed by atoms with van der Waals surface area (Å²) >= 11 is 0. The van der Waals surface area contributed by atoms with E-state index in [0.29, 0.717) is 5.69 Å². The highest BCUT2D eigenvalue weighted by molar-refractivity contribution is 5.74. The van der Waals surface area contributed by atoms with Gasteiger partial charge in [-0.25, -0.2) is 9.97 Å². The van der Waals surface area contributed by atoms with Gasteiger partial charge in [0.15, 0.2) is 11.6 Å². The van der Waals surface area contributed by atoms with Crippen LogP contribution in [0.3, 0.4) is 0 Å². The van der Waals surface area contributed by atoms with Crippen molar-refractivity contribution in [2.75, 3.05) is 56.2 Å². The van der Waals surface area contributed by atoms with Gasteiger partial charge in [0.25, 0.3) is 0 Å². The third-order valence-electron chi connectivity index (χ3n) is 3.46. The zero-order valence-electron chi connectivity index (χ0n) is 11.9. The summed E-state index contributed by atoms with van der Waals surface area (Å²) < 4.78 is 0. The number of hydrogen-bond acceptors (Lipinski definition) is 6. The number of rotatable bonds is 5. The summed E-state index contributed by atoms with van der Waals surface area (Å²) in [6, 6.07) is 0. The van der Waals surface area contributed by atoms with Crippen LogP contribution in [0, 0.1) is 0 Å². The van der Waals surface area contributed by atoms with E-state index in [9.17, 15) is 0 Å². The molecule has 1 aromatic rings. The highest BCUT2D eigenvalue weighted by Gasteiger charge is 2.11. The average molecular weight is 264 g/mol. The Morgan fingerprint density at radius 1 is 1.26 bits per heavy atom. The van der Waals surface area contributed by atoms with Crippen molar-refractivity contribution in [3.63, 3.8) is 0 Å². The maximum Gasteiger partial charge on any atom is 0.156 e. The molecule has 0 aliphatic carbocycles. The van der Waals surface area contributed by atoms with Crippen molar-refractivity contribution in [3.05, 3.63) is 6.33 Å². The van der Waals surface area contributed by atoms with Crippen molar-refractivity contribution in [1.29, 1.82) is 0 Å². The van der Waals surface area contributed by atoms with Gasteiger partial charge in [-0.2, -0.15) is 0 Å². The first kappa shape index (κ1) is 13.9. The molecule has 0 unspecified atom stereocenters. The Bertz CT molecular complexity index is 400. The van der Waals surface area contributed by atoms with E-state index in [2.05, 4.69) is 20.2 Å². The Balaban J connectivity index is 1.87. The zero-order valence-corrected chi connectivity index (χ0v) is 11.9. The zero-order chi connectivity index (χ0) is 13.7. The van der Waals surface area contributed by atoms with E-state index in [4.69, 9.17) is 5.73 Å². The molecule has 6 heteroatoms. The van der Waals surface area contributed by atoms with Crippen molar-refractivity contribution >= 4 is 17.3 Å². The van der Waals surface area contributed by atoms with Crippen molar-refractivity contribution in [2.45, 2.75) is 19.3 Å². The molecule has 3 N–H and O–H groups in total. The fourth-order valence-corrected chi connectivity index (χ4v) is 2.40. The van der Waals surface area contributed by atoms with Gasteiger partial charge < -0.3 is 20.9 Å². The van der Waals surface area contributed by atoms with E-state index in [-0.39, 0.29) is 0 Å². The Morgan fingerprint density at radius 2 is 2.00 bits per heavy atom. The van der Waals surface area contributed by atoms with E-state index in [0.717, 1.165) is 24.7 Å². The number of hydrogen-bond donors (Lipinski definition) is 2. The molecule has 6 nitrogen and oxygen atoms in total. The summed E-state index contributed by atoms with van der Waals surface area (Å²) in [6.45, 7) is 4.34. The van der Waals surface area contributed by atoms with Crippen LogP contribution in [0.2, 0.25) is 0 Å². The average Bonchev–Trinajstić information content (AvgIpc) is 2.41. The fraction of sp³-hybridized carbons (Fsp3) is 0.692. The summed E-state index contributed by atoms with van der Waals surface area (Å²) in [5.74, 6) is 1.49. The summed E-state index contributed by atoms with van der Waals surface area (Å²) in [5.41, 5.74) is 6.68. The molecule has 1 aliphatic heterocycles. The molecule has 1 aliphatic rings. The van der Waals surface area contributed by atoms with Crippen LogP contribution in [0.1, 0.15) is 19.3 Å². The predicted molar refractivity (Wildman–Crippen MR) is 79.6 cm³/mol. The molecular formula is C13H24N6. The highest BCUT2D eigenvalue weighted by Crippen LogP contribution is 2.23. The Kier molecular flexibility index (Phi) is 4.79. The van der Waals surface area contributed by atoms with Crippen LogP contribution in [0.15, 0.2) is 6.33 Å². The quantitative estimate of drug-likeness (QED) is 0.827. The minimum Gasteiger partial charge on any atom is -0.393 e. The second-order valence-electron chi connectivity index (χ2n) is 5.18. The van der Waals surface area contributed by atoms with Crippen LogP contribution >= 0.6 is 0 Å². The van der Waals surface area contributed by atoms with E-state index >= 15 is 0 Å². The minimum absolute atomic E-state index is 0.617. The molecular weight excluding hydrogens is 240 g/mol. The van der Waals surface area contributed by atoms with Crippen LogP contribution in [-0.2, 0) is 0 Å². The molecule has 2 rings (SSSR count). The largest absolute Gasteiger partial charge is 0.393 e. The topological polar surface area (TPSA) is 70.3 Å². The van der Waals surface area contributed by atoms with E-state index in [1.54, 1.807) is 6.33 Å². The molecule has 0 saturated carbocycles. The third kappa shape index (κ3) is 3.70. The van der Waals surface area contributed by atoms with Crippen LogP contribution in [-0.4, -0.2) is 55.1 Å². The van der Waals surface area contributed by atoms with Crippen molar-refractivity contribution in [2.24, 2.45) is 0 Å². The van der Waals surface area contributed by atoms with Gasteiger partial charge in [0.05, 0.1) is 0 Å². The van der Waals surface area contributed by atoms with Gasteiger partial charge in [-0.15, -0.1) is 0 Å². The first-order chi connectivity index (χ1) is 9.18. The number of nitrogens with one attached hydrogen (secondary N) is 1. The van der Waals surface area contributed by atoms with E-state index < -0.39 is 0 Å². The third-order valence-corrected chi connectivity index (χ3v) is 3.46. The Hall–Kier alpha value is -1.56. The number of aromatic nitrogens is 2. The molecule has 0 spiro atoms. The summed E-state index contributed by atoms with van der Waals surface area (Å²) in [5, 5.41) is 3.31. The first-order valence-corrected chi connectivity index (χ1v) is 6.92. The summed E-state index contributed by atoms with van der Waals surface area (Å²) in [6.07, 6.45) is 5.56. The van der Waals surface area contributed by atoms with Crippen LogP contribution in [0.5, 0.6) is 0 Å². The predicted octanol–water partition coefficient (Wildman–Crippen LogP) is 1.02. The number of nitrogens with zero attached hydrogens (tertiary/aromatic N) is 4. The molecule has 1 aromatic heterocycles. The monoisotopic (exact) mass is 264 g/mol. The molecule has 1 saturated heterocycles. The number of nitrogen functional groups attached to an aromatic ring is 1. The number of likely N-dealkylation sites (tertiary alicyclic amines) is 1. The lowest BCUT2D eigenvalue weighted by Gasteiger charge is -2.26. The van der Waals surface area contributed by atoms with E-state index in [1.165, 1.54) is 32.4 Å². The van der Waals surface area contributed by atoms with Crippen molar-refractivity contribution in [1.82, 2.24) is 14.9 Å². The lowest BCUT2D eigenvalue weighted by Crippen LogP contribution is -2.33. The Labute approximate surface area is 115 Å². The summed E-state index contributed by atoms with van der Waals surface area (Å²) in [4.78, 5) is 12.8. The van der Waals surface area contributed by atoms with Crippen LogP contribution in [0.4, 0.5) is 17.3 Å². The van der Waals surface area contributed by atoms with Gasteiger partial charge in [-0.3, -0.25) is 0 Å². The lowest BCUT2D eigenvalue weighted by atomic mass is 10.1. The van der Waals surface area contributed by atoms with Crippen molar-refractivity contribution in [3.8, 4) is 0 Å². The normalized spacial score (nSPS) is 16.3. The van der Waals surface area contributed by atoms with Gasteiger partial charge in [-0.1, -0.05) is 6.42 Å². The second kappa shape index (κ2) is 6.56. The van der Waals surface area contributed by atoms with Crippen LogP contribution in [0.25, 0.3) is 0 Å². The number of piperidine rings is 1. The highest BCUT2D eigenvalue weighted by atomic mass is 15.2. The molecule has 1 fully saturated rings. The second-order valence-corrected chi connectivity index (χ2v) is 5.18. The first-order valence-electron chi connectivity index (χ1n) is 6.92. The number of anilines is 3. The van der Waals surface area contributed by atoms with Gasteiger partial charge in [0.2, 0.25) is 0 Å². The lowest BCUT2D eigenvalue weighted by molar-refractivity contribution is 0.237. The van der Waals surface area contributed by atoms with Gasteiger partial charge in [0.1, 0.15) is 12.0 Å². The molecule has 106 valence electrons. The summed E-state index contributed by atoms with van der Waals surface area (Å²) in [7, 11) is 3.85. The standard InChI is InChI=1S/C13H24N6/c1-18(2)13-11(14)12(16-10-17-13)15-6-9-19-7-4-3-5-8-19/h10H,3-9,14H2,1-2H3,(H,15,16,17). The molecule has 19 heavy (non-hydrogen) atoms. The smallest absolute Gasteiger partial charge is 0.156 e. The fourth-order valence-electron chi connectivity index (χ4n) is 2.40. The molecule has 0 radical (unpaired) electrons. The maximum atomic E-state index is 6.06. The van der Waals surface area contributed by atoms with Gasteiger partial charge >= 0.3 is 0 Å². The molecule has 2 heterocycles. The minimum atomic E-state index is 0.617.